The molecule has 1 aromatic heterocycles. The molecule has 0 spiro atoms. The first-order valence-corrected chi connectivity index (χ1v) is 8.72. The molecule has 0 N–H and O–H groups in total. The standard InChI is InChI=1S/C18H22N4O2/c23-18(16-8-1-2-9-17(16)22-12-10-19-20-22)21-11-4-7-15(13-21)24-14-5-3-6-14/h1-2,8-10,12,14-15H,3-7,11,13H2. The second-order valence-electron chi connectivity index (χ2n) is 6.57. The molecular weight excluding hydrogens is 304 g/mol. The lowest BCUT2D eigenvalue weighted by Gasteiger charge is -2.37. The van der Waals surface area contributed by atoms with Gasteiger partial charge in [0.1, 0.15) is 0 Å². The van der Waals surface area contributed by atoms with Gasteiger partial charge < -0.3 is 9.64 Å². The maximum atomic E-state index is 13.0. The number of carbonyl (C=O) groups excluding carboxylic acids is 1. The highest BCUT2D eigenvalue weighted by Gasteiger charge is 2.29. The zero-order valence-electron chi connectivity index (χ0n) is 13.7. The molecule has 2 aromatic rings. The van der Waals surface area contributed by atoms with E-state index in [2.05, 4.69) is 10.3 Å². The van der Waals surface area contributed by atoms with Gasteiger partial charge in [0.15, 0.2) is 0 Å². The molecule has 0 radical (unpaired) electrons. The summed E-state index contributed by atoms with van der Waals surface area (Å²) in [6.07, 6.45) is 9.60. The van der Waals surface area contributed by atoms with E-state index in [1.54, 1.807) is 17.1 Å². The molecule has 2 fully saturated rings. The Bertz CT molecular complexity index is 697. The van der Waals surface area contributed by atoms with Gasteiger partial charge in [0.05, 0.1) is 35.9 Å². The lowest BCUT2D eigenvalue weighted by Crippen LogP contribution is -2.45. The summed E-state index contributed by atoms with van der Waals surface area (Å²) in [5.74, 6) is 0.0445. The summed E-state index contributed by atoms with van der Waals surface area (Å²) in [7, 11) is 0. The number of hydrogen-bond acceptors (Lipinski definition) is 4. The van der Waals surface area contributed by atoms with E-state index in [0.29, 0.717) is 18.2 Å². The number of rotatable bonds is 4. The molecule has 1 aliphatic carbocycles. The monoisotopic (exact) mass is 326 g/mol. The van der Waals surface area contributed by atoms with Crippen LogP contribution in [0.15, 0.2) is 36.7 Å². The predicted molar refractivity (Wildman–Crippen MR) is 89.0 cm³/mol. The molecule has 6 nitrogen and oxygen atoms in total. The molecule has 2 heterocycles. The number of benzene rings is 1. The van der Waals surface area contributed by atoms with Crippen LogP contribution in [0.2, 0.25) is 0 Å². The summed E-state index contributed by atoms with van der Waals surface area (Å²) < 4.78 is 7.76. The Hall–Kier alpha value is -2.21. The molecule has 1 aromatic carbocycles. The minimum atomic E-state index is 0.0445. The zero-order valence-corrected chi connectivity index (χ0v) is 13.7. The summed E-state index contributed by atoms with van der Waals surface area (Å²) in [5, 5.41) is 7.86. The van der Waals surface area contributed by atoms with E-state index in [1.807, 2.05) is 29.2 Å². The molecule has 1 saturated heterocycles. The highest BCUT2D eigenvalue weighted by Crippen LogP contribution is 2.27. The van der Waals surface area contributed by atoms with E-state index in [1.165, 1.54) is 19.3 Å². The maximum absolute atomic E-state index is 13.0. The van der Waals surface area contributed by atoms with Crippen molar-refractivity contribution in [1.82, 2.24) is 19.9 Å². The SMILES string of the molecule is O=C(c1ccccc1-n1ccnn1)N1CCCC(OC2CCC2)C1. The van der Waals surface area contributed by atoms with Crippen LogP contribution in [0, 0.1) is 0 Å². The van der Waals surface area contributed by atoms with Crippen LogP contribution in [-0.4, -0.2) is 51.1 Å². The van der Waals surface area contributed by atoms with Crippen molar-refractivity contribution in [2.45, 2.75) is 44.3 Å². The van der Waals surface area contributed by atoms with Gasteiger partial charge in [-0.25, -0.2) is 4.68 Å². The van der Waals surface area contributed by atoms with Crippen LogP contribution in [0.3, 0.4) is 0 Å². The lowest BCUT2D eigenvalue weighted by molar-refractivity contribution is -0.0734. The maximum Gasteiger partial charge on any atom is 0.256 e. The summed E-state index contributed by atoms with van der Waals surface area (Å²) in [4.78, 5) is 15.0. The van der Waals surface area contributed by atoms with Crippen molar-refractivity contribution < 1.29 is 9.53 Å². The number of amides is 1. The van der Waals surface area contributed by atoms with Crippen LogP contribution in [0.5, 0.6) is 0 Å². The number of hydrogen-bond donors (Lipinski definition) is 0. The Balaban J connectivity index is 1.51. The highest BCUT2D eigenvalue weighted by atomic mass is 16.5. The average Bonchev–Trinajstić information content (AvgIpc) is 3.12. The van der Waals surface area contributed by atoms with Gasteiger partial charge in [-0.3, -0.25) is 4.79 Å². The third-order valence-electron chi connectivity index (χ3n) is 4.91. The minimum Gasteiger partial charge on any atom is -0.373 e. The first kappa shape index (κ1) is 15.3. The van der Waals surface area contributed by atoms with Gasteiger partial charge in [-0.05, 0) is 44.2 Å². The van der Waals surface area contributed by atoms with Crippen LogP contribution < -0.4 is 0 Å². The summed E-state index contributed by atoms with van der Waals surface area (Å²) in [5.41, 5.74) is 1.43. The lowest BCUT2D eigenvalue weighted by atomic mass is 9.95. The Labute approximate surface area is 141 Å². The van der Waals surface area contributed by atoms with E-state index >= 15 is 0 Å². The van der Waals surface area contributed by atoms with Crippen molar-refractivity contribution in [3.63, 3.8) is 0 Å². The normalized spacial score (nSPS) is 21.5. The van der Waals surface area contributed by atoms with Crippen LogP contribution in [0.4, 0.5) is 0 Å². The van der Waals surface area contributed by atoms with Crippen molar-refractivity contribution >= 4 is 5.91 Å². The van der Waals surface area contributed by atoms with Crippen molar-refractivity contribution in [2.24, 2.45) is 0 Å². The van der Waals surface area contributed by atoms with E-state index in [-0.39, 0.29) is 12.0 Å². The number of aromatic nitrogens is 3. The molecule has 1 atom stereocenters. The van der Waals surface area contributed by atoms with Crippen LogP contribution >= 0.6 is 0 Å². The fourth-order valence-corrected chi connectivity index (χ4v) is 3.37. The number of carbonyl (C=O) groups is 1. The van der Waals surface area contributed by atoms with E-state index < -0.39 is 0 Å². The molecule has 0 bridgehead atoms. The van der Waals surface area contributed by atoms with E-state index in [0.717, 1.165) is 25.1 Å². The minimum absolute atomic E-state index is 0.0445. The molecule has 1 amide bonds. The molecular formula is C18H22N4O2. The average molecular weight is 326 g/mol. The molecule has 24 heavy (non-hydrogen) atoms. The van der Waals surface area contributed by atoms with Crippen molar-refractivity contribution in [2.75, 3.05) is 13.1 Å². The van der Waals surface area contributed by atoms with Gasteiger partial charge in [0.2, 0.25) is 0 Å². The second-order valence-corrected chi connectivity index (χ2v) is 6.57. The predicted octanol–water partition coefficient (Wildman–Crippen LogP) is 2.44. The van der Waals surface area contributed by atoms with E-state index in [9.17, 15) is 4.79 Å². The van der Waals surface area contributed by atoms with E-state index in [4.69, 9.17) is 4.74 Å². The topological polar surface area (TPSA) is 60.2 Å². The first-order chi connectivity index (χ1) is 11.8. The summed E-state index contributed by atoms with van der Waals surface area (Å²) >= 11 is 0. The van der Waals surface area contributed by atoms with Crippen LogP contribution in [-0.2, 0) is 4.74 Å². The summed E-state index contributed by atoms with van der Waals surface area (Å²) in [6.45, 7) is 1.47. The summed E-state index contributed by atoms with van der Waals surface area (Å²) in [6, 6.07) is 7.55. The Morgan fingerprint density at radius 2 is 1.96 bits per heavy atom. The van der Waals surface area contributed by atoms with Gasteiger partial charge in [0, 0.05) is 13.1 Å². The molecule has 2 aliphatic rings. The molecule has 1 aliphatic heterocycles. The van der Waals surface area contributed by atoms with Gasteiger partial charge in [-0.2, -0.15) is 0 Å². The smallest absolute Gasteiger partial charge is 0.256 e. The van der Waals surface area contributed by atoms with Gasteiger partial charge in [-0.15, -0.1) is 5.10 Å². The number of para-hydroxylation sites is 1. The van der Waals surface area contributed by atoms with Crippen LogP contribution in [0.1, 0.15) is 42.5 Å². The molecule has 1 saturated carbocycles. The number of ether oxygens (including phenoxy) is 1. The number of nitrogens with zero attached hydrogens (tertiary/aromatic N) is 4. The molecule has 6 heteroatoms. The Morgan fingerprint density at radius 3 is 2.71 bits per heavy atom. The van der Waals surface area contributed by atoms with Crippen LogP contribution in [0.25, 0.3) is 5.69 Å². The van der Waals surface area contributed by atoms with Gasteiger partial charge in [-0.1, -0.05) is 17.3 Å². The third-order valence-corrected chi connectivity index (χ3v) is 4.91. The largest absolute Gasteiger partial charge is 0.373 e. The first-order valence-electron chi connectivity index (χ1n) is 8.72. The van der Waals surface area contributed by atoms with Crippen molar-refractivity contribution in [1.29, 1.82) is 0 Å². The quantitative estimate of drug-likeness (QED) is 0.866. The molecule has 126 valence electrons. The van der Waals surface area contributed by atoms with Crippen molar-refractivity contribution in [3.8, 4) is 5.69 Å². The molecule has 4 rings (SSSR count). The third kappa shape index (κ3) is 3.06. The number of likely N-dealkylation sites (tertiary alicyclic amines) is 1. The zero-order chi connectivity index (χ0) is 16.4. The van der Waals surface area contributed by atoms with Crippen molar-refractivity contribution in [3.05, 3.63) is 42.2 Å². The fraction of sp³-hybridized carbons (Fsp3) is 0.500. The Kier molecular flexibility index (Phi) is 4.30. The molecule has 1 unspecified atom stereocenters. The second kappa shape index (κ2) is 6.73. The number of piperidine rings is 1. The fourth-order valence-electron chi connectivity index (χ4n) is 3.37. The van der Waals surface area contributed by atoms with Gasteiger partial charge >= 0.3 is 0 Å². The Morgan fingerprint density at radius 1 is 1.12 bits per heavy atom. The van der Waals surface area contributed by atoms with Gasteiger partial charge in [0.25, 0.3) is 5.91 Å². The highest BCUT2D eigenvalue weighted by molar-refractivity contribution is 5.97.